The van der Waals surface area contributed by atoms with Crippen molar-refractivity contribution < 1.29 is 23.9 Å². The van der Waals surface area contributed by atoms with Crippen LogP contribution in [-0.2, 0) is 31.9 Å². The summed E-state index contributed by atoms with van der Waals surface area (Å²) in [6.45, 7) is 5.73. The largest absolute Gasteiger partial charge is 0.462 e. The topological polar surface area (TPSA) is 81.7 Å². The smallest absolute Gasteiger partial charge is 0.341 e. The molecular weight excluding hydrogens is 342 g/mol. The number of fused-ring (bicyclic) bond motifs is 1. The number of anilines is 1. The maximum atomic E-state index is 12.4. The molecule has 7 heteroatoms. The first-order valence-electron chi connectivity index (χ1n) is 8.73. The van der Waals surface area contributed by atoms with Crippen molar-refractivity contribution in [3.8, 4) is 0 Å². The van der Waals surface area contributed by atoms with E-state index in [1.807, 2.05) is 6.92 Å². The van der Waals surface area contributed by atoms with Gasteiger partial charge in [0.1, 0.15) is 5.00 Å². The second-order valence-corrected chi connectivity index (χ2v) is 7.34. The molecule has 1 atom stereocenters. The van der Waals surface area contributed by atoms with Crippen LogP contribution in [0.25, 0.3) is 0 Å². The fourth-order valence-electron chi connectivity index (χ4n) is 2.84. The summed E-state index contributed by atoms with van der Waals surface area (Å²) < 4.78 is 10.1. The first-order valence-corrected chi connectivity index (χ1v) is 9.54. The number of rotatable bonds is 7. The minimum absolute atomic E-state index is 0.280. The van der Waals surface area contributed by atoms with Crippen LogP contribution in [0.2, 0.25) is 0 Å². The Labute approximate surface area is 151 Å². The van der Waals surface area contributed by atoms with Crippen LogP contribution < -0.4 is 5.32 Å². The number of carbonyl (C=O) groups is 3. The first-order chi connectivity index (χ1) is 12.0. The van der Waals surface area contributed by atoms with Crippen molar-refractivity contribution in [1.29, 1.82) is 0 Å². The van der Waals surface area contributed by atoms with E-state index in [4.69, 9.17) is 9.47 Å². The van der Waals surface area contributed by atoms with Crippen molar-refractivity contribution >= 4 is 34.2 Å². The highest BCUT2D eigenvalue weighted by Gasteiger charge is 2.29. The first kappa shape index (κ1) is 19.4. The van der Waals surface area contributed by atoms with E-state index in [1.54, 1.807) is 6.92 Å². The van der Waals surface area contributed by atoms with Gasteiger partial charge < -0.3 is 14.8 Å². The van der Waals surface area contributed by atoms with E-state index in [2.05, 4.69) is 12.2 Å². The lowest BCUT2D eigenvalue weighted by Crippen LogP contribution is -2.22. The van der Waals surface area contributed by atoms with Crippen LogP contribution in [0, 0.1) is 5.92 Å². The molecule has 0 aliphatic heterocycles. The number of hydrogen-bond acceptors (Lipinski definition) is 6. The second-order valence-electron chi connectivity index (χ2n) is 6.24. The average Bonchev–Trinajstić information content (AvgIpc) is 2.90. The van der Waals surface area contributed by atoms with E-state index in [9.17, 15) is 14.4 Å². The number of thiophene rings is 1. The Balaban J connectivity index is 2.14. The van der Waals surface area contributed by atoms with Crippen molar-refractivity contribution in [2.75, 3.05) is 18.5 Å². The molecule has 1 aliphatic carbocycles. The number of hydrogen-bond donors (Lipinski definition) is 1. The van der Waals surface area contributed by atoms with Gasteiger partial charge in [-0.1, -0.05) is 13.8 Å². The molecule has 2 rings (SSSR count). The van der Waals surface area contributed by atoms with Crippen molar-refractivity contribution in [3.63, 3.8) is 0 Å². The molecule has 1 amide bonds. The maximum absolute atomic E-state index is 12.4. The third-order valence-electron chi connectivity index (χ3n) is 4.06. The van der Waals surface area contributed by atoms with Crippen LogP contribution in [0.15, 0.2) is 0 Å². The molecule has 0 saturated carbocycles. The molecule has 1 aromatic rings. The summed E-state index contributed by atoms with van der Waals surface area (Å²) in [6, 6.07) is 0. The van der Waals surface area contributed by atoms with Crippen molar-refractivity contribution in [3.05, 3.63) is 16.0 Å². The zero-order chi connectivity index (χ0) is 18.4. The molecule has 0 bridgehead atoms. The van der Waals surface area contributed by atoms with E-state index in [1.165, 1.54) is 11.3 Å². The van der Waals surface area contributed by atoms with Crippen LogP contribution in [0.4, 0.5) is 5.00 Å². The second kappa shape index (κ2) is 8.99. The average molecular weight is 367 g/mol. The van der Waals surface area contributed by atoms with Crippen LogP contribution in [-0.4, -0.2) is 31.1 Å². The highest BCUT2D eigenvalue weighted by atomic mass is 32.1. The van der Waals surface area contributed by atoms with E-state index in [-0.39, 0.29) is 19.6 Å². The monoisotopic (exact) mass is 367 g/mol. The summed E-state index contributed by atoms with van der Waals surface area (Å²) in [7, 11) is 0. The summed E-state index contributed by atoms with van der Waals surface area (Å²) in [5.74, 6) is -0.697. The maximum Gasteiger partial charge on any atom is 0.341 e. The fraction of sp³-hybridized carbons (Fsp3) is 0.611. The molecule has 25 heavy (non-hydrogen) atoms. The zero-order valence-electron chi connectivity index (χ0n) is 15.0. The predicted octanol–water partition coefficient (Wildman–Crippen LogP) is 3.33. The van der Waals surface area contributed by atoms with Crippen molar-refractivity contribution in [2.24, 2.45) is 5.92 Å². The Morgan fingerprint density at radius 2 is 2.00 bits per heavy atom. The van der Waals surface area contributed by atoms with Gasteiger partial charge in [0.25, 0.3) is 5.91 Å². The zero-order valence-corrected chi connectivity index (χ0v) is 15.8. The third kappa shape index (κ3) is 5.04. The minimum atomic E-state index is -0.443. The summed E-state index contributed by atoms with van der Waals surface area (Å²) in [6.07, 6.45) is 3.67. The Hall–Kier alpha value is -1.89. The molecule has 0 saturated heterocycles. The molecule has 0 spiro atoms. The van der Waals surface area contributed by atoms with Gasteiger partial charge in [-0.3, -0.25) is 9.59 Å². The van der Waals surface area contributed by atoms with Crippen LogP contribution >= 0.6 is 11.3 Å². The van der Waals surface area contributed by atoms with E-state index in [0.29, 0.717) is 22.9 Å². The Bertz CT molecular complexity index is 652. The van der Waals surface area contributed by atoms with Crippen LogP contribution in [0.5, 0.6) is 0 Å². The van der Waals surface area contributed by atoms with Crippen LogP contribution in [0.1, 0.15) is 60.8 Å². The molecule has 1 heterocycles. The summed E-state index contributed by atoms with van der Waals surface area (Å²) in [5, 5.41) is 3.22. The quantitative estimate of drug-likeness (QED) is 0.748. The standard InChI is InChI=1S/C18H25NO5S/c1-4-6-15(21)24-10-14(20)19-17-16(18(22)23-5-2)12-8-7-11(3)9-13(12)25-17/h11H,4-10H2,1-3H3,(H,19,20)/t11-/m1/s1. The summed E-state index contributed by atoms with van der Waals surface area (Å²) >= 11 is 1.42. The molecule has 0 fully saturated rings. The van der Waals surface area contributed by atoms with Gasteiger partial charge >= 0.3 is 11.9 Å². The Morgan fingerprint density at radius 3 is 2.68 bits per heavy atom. The number of carbonyl (C=O) groups excluding carboxylic acids is 3. The van der Waals surface area contributed by atoms with Gasteiger partial charge in [0.05, 0.1) is 12.2 Å². The number of nitrogens with one attached hydrogen (secondary N) is 1. The lowest BCUT2D eigenvalue weighted by molar-refractivity contribution is -0.147. The summed E-state index contributed by atoms with van der Waals surface area (Å²) in [4.78, 5) is 37.0. The lowest BCUT2D eigenvalue weighted by atomic mass is 9.88. The number of ether oxygens (including phenoxy) is 2. The third-order valence-corrected chi connectivity index (χ3v) is 5.23. The summed E-state index contributed by atoms with van der Waals surface area (Å²) in [5.41, 5.74) is 1.45. The van der Waals surface area contributed by atoms with E-state index in [0.717, 1.165) is 29.7 Å². The van der Waals surface area contributed by atoms with Gasteiger partial charge in [0.2, 0.25) is 0 Å². The number of amides is 1. The van der Waals surface area contributed by atoms with Gasteiger partial charge in [0, 0.05) is 11.3 Å². The highest BCUT2D eigenvalue weighted by molar-refractivity contribution is 7.17. The molecular formula is C18H25NO5S. The van der Waals surface area contributed by atoms with Gasteiger partial charge in [-0.15, -0.1) is 11.3 Å². The minimum Gasteiger partial charge on any atom is -0.462 e. The molecule has 0 radical (unpaired) electrons. The van der Waals surface area contributed by atoms with Crippen molar-refractivity contribution in [2.45, 2.75) is 52.9 Å². The molecule has 0 unspecified atom stereocenters. The molecule has 1 N–H and O–H groups in total. The van der Waals surface area contributed by atoms with Crippen molar-refractivity contribution in [1.82, 2.24) is 0 Å². The van der Waals surface area contributed by atoms with Gasteiger partial charge in [-0.05, 0) is 44.1 Å². The van der Waals surface area contributed by atoms with Gasteiger partial charge in [0.15, 0.2) is 6.61 Å². The molecule has 138 valence electrons. The fourth-order valence-corrected chi connectivity index (χ4v) is 4.26. The van der Waals surface area contributed by atoms with Gasteiger partial charge in [-0.25, -0.2) is 4.79 Å². The molecule has 6 nitrogen and oxygen atoms in total. The van der Waals surface area contributed by atoms with E-state index < -0.39 is 17.8 Å². The predicted molar refractivity (Wildman–Crippen MR) is 96.0 cm³/mol. The normalized spacial score (nSPS) is 16.0. The molecule has 1 aliphatic rings. The lowest BCUT2D eigenvalue weighted by Gasteiger charge is -2.18. The van der Waals surface area contributed by atoms with Crippen LogP contribution in [0.3, 0.4) is 0 Å². The SMILES string of the molecule is CCCC(=O)OCC(=O)Nc1sc2c(c1C(=O)OCC)CC[C@@H](C)C2. The Morgan fingerprint density at radius 1 is 1.24 bits per heavy atom. The molecule has 1 aromatic heterocycles. The van der Waals surface area contributed by atoms with E-state index >= 15 is 0 Å². The highest BCUT2D eigenvalue weighted by Crippen LogP contribution is 2.40. The molecule has 0 aromatic carbocycles. The Kier molecular flexibility index (Phi) is 6.99. The van der Waals surface area contributed by atoms with Gasteiger partial charge in [-0.2, -0.15) is 0 Å². The number of esters is 2.